The summed E-state index contributed by atoms with van der Waals surface area (Å²) in [5.74, 6) is 0.992. The van der Waals surface area contributed by atoms with Crippen LogP contribution in [0.1, 0.15) is 25.7 Å². The average molecular weight is 318 g/mol. The molecule has 0 N–H and O–H groups in total. The van der Waals surface area contributed by atoms with Crippen molar-refractivity contribution in [3.63, 3.8) is 0 Å². The van der Waals surface area contributed by atoms with Crippen molar-refractivity contribution in [3.05, 3.63) is 18.6 Å². The highest BCUT2D eigenvalue weighted by molar-refractivity contribution is 5.41. The lowest BCUT2D eigenvalue weighted by Gasteiger charge is -2.32. The van der Waals surface area contributed by atoms with E-state index in [1.807, 2.05) is 12.3 Å². The summed E-state index contributed by atoms with van der Waals surface area (Å²) < 4.78 is 12.3. The van der Waals surface area contributed by atoms with E-state index in [9.17, 15) is 0 Å². The van der Waals surface area contributed by atoms with Gasteiger partial charge in [0.2, 0.25) is 0 Å². The highest BCUT2D eigenvalue weighted by Gasteiger charge is 2.45. The first kappa shape index (κ1) is 15.3. The van der Waals surface area contributed by atoms with Gasteiger partial charge in [-0.3, -0.25) is 0 Å². The second-order valence-electron chi connectivity index (χ2n) is 6.72. The molecule has 0 amide bonds. The first-order chi connectivity index (χ1) is 11.4. The van der Waals surface area contributed by atoms with Crippen LogP contribution in [0.3, 0.4) is 0 Å². The van der Waals surface area contributed by atoms with Gasteiger partial charge in [0.15, 0.2) is 0 Å². The van der Waals surface area contributed by atoms with Crippen molar-refractivity contribution in [1.29, 1.82) is 0 Å². The van der Waals surface area contributed by atoms with E-state index >= 15 is 0 Å². The maximum absolute atomic E-state index is 6.23. The van der Waals surface area contributed by atoms with Gasteiger partial charge in [0.05, 0.1) is 12.6 Å². The van der Waals surface area contributed by atoms with Gasteiger partial charge in [0.1, 0.15) is 24.4 Å². The molecule has 4 rings (SSSR count). The predicted octanol–water partition coefficient (Wildman–Crippen LogP) is 1.33. The van der Waals surface area contributed by atoms with Crippen LogP contribution in [-0.2, 0) is 9.47 Å². The molecular formula is C17H26N4O2. The standard InChI is InChI=1S/C17H26N4O2/c1-2-8-20(7-1)9-11-22-15-12-21(16-5-6-18-13-19-16)14-4-3-10-23-17(14)15/h5-6,13-15,17H,1-4,7-12H2/t14-,15+,17+/m0/s1. The number of nitrogens with zero attached hydrogens (tertiary/aromatic N) is 4. The first-order valence-electron chi connectivity index (χ1n) is 8.90. The van der Waals surface area contributed by atoms with Gasteiger partial charge in [-0.25, -0.2) is 9.97 Å². The normalized spacial score (nSPS) is 31.5. The van der Waals surface area contributed by atoms with Crippen molar-refractivity contribution in [1.82, 2.24) is 14.9 Å². The van der Waals surface area contributed by atoms with E-state index in [-0.39, 0.29) is 12.2 Å². The summed E-state index contributed by atoms with van der Waals surface area (Å²) in [5, 5.41) is 0. The molecule has 4 heterocycles. The SMILES string of the molecule is c1cc(N2C[C@@H](OCCN3CCCC3)[C@@H]3OCCC[C@@H]32)ncn1. The van der Waals surface area contributed by atoms with Gasteiger partial charge in [0.25, 0.3) is 0 Å². The van der Waals surface area contributed by atoms with Crippen molar-refractivity contribution in [3.8, 4) is 0 Å². The summed E-state index contributed by atoms with van der Waals surface area (Å²) in [6.07, 6.45) is 8.69. The molecule has 0 bridgehead atoms. The maximum Gasteiger partial charge on any atom is 0.132 e. The van der Waals surface area contributed by atoms with Crippen LogP contribution in [0.5, 0.6) is 0 Å². The summed E-state index contributed by atoms with van der Waals surface area (Å²) in [6.45, 7) is 6.01. The molecule has 3 saturated heterocycles. The van der Waals surface area contributed by atoms with E-state index in [4.69, 9.17) is 9.47 Å². The molecule has 0 aromatic carbocycles. The van der Waals surface area contributed by atoms with Crippen molar-refractivity contribution in [2.45, 2.75) is 43.9 Å². The molecule has 3 fully saturated rings. The topological polar surface area (TPSA) is 50.7 Å². The molecule has 6 heteroatoms. The van der Waals surface area contributed by atoms with E-state index in [0.717, 1.165) is 45.0 Å². The Kier molecular flexibility index (Phi) is 4.73. The Bertz CT molecular complexity index is 495. The van der Waals surface area contributed by atoms with E-state index in [1.54, 1.807) is 6.33 Å². The lowest BCUT2D eigenvalue weighted by molar-refractivity contribution is -0.0754. The number of rotatable bonds is 5. The third-order valence-corrected chi connectivity index (χ3v) is 5.28. The molecule has 3 atom stereocenters. The van der Waals surface area contributed by atoms with Gasteiger partial charge in [-0.1, -0.05) is 0 Å². The van der Waals surface area contributed by atoms with Crippen LogP contribution >= 0.6 is 0 Å². The van der Waals surface area contributed by atoms with Crippen molar-refractivity contribution in [2.24, 2.45) is 0 Å². The maximum atomic E-state index is 6.23. The Morgan fingerprint density at radius 3 is 3.00 bits per heavy atom. The van der Waals surface area contributed by atoms with Crippen molar-refractivity contribution in [2.75, 3.05) is 44.3 Å². The lowest BCUT2D eigenvalue weighted by Crippen LogP contribution is -2.42. The fourth-order valence-corrected chi connectivity index (χ4v) is 4.11. The Morgan fingerprint density at radius 2 is 2.17 bits per heavy atom. The molecule has 0 unspecified atom stereocenters. The highest BCUT2D eigenvalue weighted by atomic mass is 16.5. The monoisotopic (exact) mass is 318 g/mol. The molecule has 3 aliphatic rings. The number of likely N-dealkylation sites (tertiary alicyclic amines) is 1. The largest absolute Gasteiger partial charge is 0.373 e. The molecule has 23 heavy (non-hydrogen) atoms. The molecule has 6 nitrogen and oxygen atoms in total. The summed E-state index contributed by atoms with van der Waals surface area (Å²) in [7, 11) is 0. The summed E-state index contributed by atoms with van der Waals surface area (Å²) in [6, 6.07) is 2.37. The van der Waals surface area contributed by atoms with Gasteiger partial charge in [-0.2, -0.15) is 0 Å². The number of fused-ring (bicyclic) bond motifs is 1. The number of ether oxygens (including phenoxy) is 2. The van der Waals surface area contributed by atoms with E-state index in [0.29, 0.717) is 6.04 Å². The molecule has 3 aliphatic heterocycles. The zero-order valence-electron chi connectivity index (χ0n) is 13.6. The molecule has 0 radical (unpaired) electrons. The minimum atomic E-state index is 0.151. The Morgan fingerprint density at radius 1 is 1.26 bits per heavy atom. The third-order valence-electron chi connectivity index (χ3n) is 5.28. The van der Waals surface area contributed by atoms with Crippen molar-refractivity contribution >= 4 is 5.82 Å². The minimum absolute atomic E-state index is 0.151. The van der Waals surface area contributed by atoms with E-state index < -0.39 is 0 Å². The second-order valence-corrected chi connectivity index (χ2v) is 6.72. The molecule has 0 aliphatic carbocycles. The van der Waals surface area contributed by atoms with Gasteiger partial charge >= 0.3 is 0 Å². The minimum Gasteiger partial charge on any atom is -0.373 e. The third kappa shape index (κ3) is 3.34. The summed E-state index contributed by atoms with van der Waals surface area (Å²) in [5.41, 5.74) is 0. The van der Waals surface area contributed by atoms with Gasteiger partial charge in [-0.05, 0) is 44.8 Å². The van der Waals surface area contributed by atoms with Crippen molar-refractivity contribution < 1.29 is 9.47 Å². The lowest BCUT2D eigenvalue weighted by atomic mass is 10.0. The van der Waals surface area contributed by atoms with Gasteiger partial charge in [0, 0.05) is 25.9 Å². The Hall–Kier alpha value is -1.24. The number of anilines is 1. The fourth-order valence-electron chi connectivity index (χ4n) is 4.11. The number of hydrogen-bond acceptors (Lipinski definition) is 6. The van der Waals surface area contributed by atoms with Crippen LogP contribution in [0.15, 0.2) is 18.6 Å². The summed E-state index contributed by atoms with van der Waals surface area (Å²) >= 11 is 0. The second kappa shape index (κ2) is 7.11. The van der Waals surface area contributed by atoms with Gasteiger partial charge in [-0.15, -0.1) is 0 Å². The quantitative estimate of drug-likeness (QED) is 0.816. The average Bonchev–Trinajstić information content (AvgIpc) is 3.24. The van der Waals surface area contributed by atoms with Crippen LogP contribution in [0.4, 0.5) is 5.82 Å². The molecule has 0 saturated carbocycles. The predicted molar refractivity (Wildman–Crippen MR) is 87.6 cm³/mol. The Balaban J connectivity index is 1.38. The fraction of sp³-hybridized carbons (Fsp3) is 0.765. The van der Waals surface area contributed by atoms with Crippen LogP contribution in [0.25, 0.3) is 0 Å². The number of aromatic nitrogens is 2. The van der Waals surface area contributed by atoms with Crippen LogP contribution in [0, 0.1) is 0 Å². The van der Waals surface area contributed by atoms with Crippen LogP contribution in [0.2, 0.25) is 0 Å². The van der Waals surface area contributed by atoms with Crippen LogP contribution in [-0.4, -0.2) is 72.5 Å². The smallest absolute Gasteiger partial charge is 0.132 e. The number of hydrogen-bond donors (Lipinski definition) is 0. The molecule has 126 valence electrons. The van der Waals surface area contributed by atoms with E-state index in [1.165, 1.54) is 25.9 Å². The molecule has 1 aromatic heterocycles. The van der Waals surface area contributed by atoms with Crippen LogP contribution < -0.4 is 4.90 Å². The van der Waals surface area contributed by atoms with Gasteiger partial charge < -0.3 is 19.3 Å². The zero-order valence-corrected chi connectivity index (χ0v) is 13.6. The first-order valence-corrected chi connectivity index (χ1v) is 8.90. The molecule has 1 aromatic rings. The van der Waals surface area contributed by atoms with E-state index in [2.05, 4.69) is 19.8 Å². The zero-order chi connectivity index (χ0) is 15.5. The highest BCUT2D eigenvalue weighted by Crippen LogP contribution is 2.33. The Labute approximate surface area is 137 Å². The molecule has 0 spiro atoms. The summed E-state index contributed by atoms with van der Waals surface area (Å²) in [4.78, 5) is 13.3. The molecular weight excluding hydrogens is 292 g/mol.